The molecule has 1 aromatic rings. The van der Waals surface area contributed by atoms with Crippen LogP contribution in [0.2, 0.25) is 0 Å². The third kappa shape index (κ3) is 2.87. The molecule has 110 valence electrons. The molecule has 1 aliphatic rings. The van der Waals surface area contributed by atoms with Crippen LogP contribution < -0.4 is 4.74 Å². The predicted molar refractivity (Wildman–Crippen MR) is 62.0 cm³/mol. The van der Waals surface area contributed by atoms with Gasteiger partial charge in [-0.3, -0.25) is 0 Å². The minimum atomic E-state index is -4.74. The maximum Gasteiger partial charge on any atom is 0.573 e. The minimum absolute atomic E-state index is 0.208. The SMILES string of the molecule is CCOC(=O)C1(c2ccc(OC(F)(F)F)cc2)CCO1. The standard InChI is InChI=1S/C13H13F3O4/c1-2-18-11(17)12(7-8-19-12)9-3-5-10(6-4-9)20-13(14,15)16/h3-6H,2,7-8H2,1H3. The van der Waals surface area contributed by atoms with Crippen LogP contribution in [0.1, 0.15) is 18.9 Å². The van der Waals surface area contributed by atoms with Gasteiger partial charge in [0.2, 0.25) is 0 Å². The summed E-state index contributed by atoms with van der Waals surface area (Å²) in [5, 5.41) is 0. The van der Waals surface area contributed by atoms with Crippen molar-refractivity contribution in [1.82, 2.24) is 0 Å². The second-order valence-electron chi connectivity index (χ2n) is 4.22. The van der Waals surface area contributed by atoms with Crippen molar-refractivity contribution in [3.63, 3.8) is 0 Å². The average Bonchev–Trinajstić information content (AvgIpc) is 2.28. The summed E-state index contributed by atoms with van der Waals surface area (Å²) in [4.78, 5) is 11.9. The number of carbonyl (C=O) groups excluding carboxylic acids is 1. The maximum absolute atomic E-state index is 12.1. The molecule has 1 saturated heterocycles. The summed E-state index contributed by atoms with van der Waals surface area (Å²) in [6.07, 6.45) is -4.31. The summed E-state index contributed by atoms with van der Waals surface area (Å²) in [5.74, 6) is -0.879. The largest absolute Gasteiger partial charge is 0.573 e. The monoisotopic (exact) mass is 290 g/mol. The van der Waals surface area contributed by atoms with Crippen molar-refractivity contribution in [2.24, 2.45) is 0 Å². The highest BCUT2D eigenvalue weighted by Gasteiger charge is 2.49. The molecule has 0 bridgehead atoms. The number of carbonyl (C=O) groups is 1. The summed E-state index contributed by atoms with van der Waals surface area (Å²) in [6, 6.07) is 5.03. The average molecular weight is 290 g/mol. The Labute approximate surface area is 113 Å². The summed E-state index contributed by atoms with van der Waals surface area (Å²) in [6.45, 7) is 2.28. The van der Waals surface area contributed by atoms with Gasteiger partial charge in [-0.25, -0.2) is 4.79 Å². The third-order valence-corrected chi connectivity index (χ3v) is 2.96. The van der Waals surface area contributed by atoms with Gasteiger partial charge in [-0.05, 0) is 24.6 Å². The van der Waals surface area contributed by atoms with Crippen LogP contribution in [0.15, 0.2) is 24.3 Å². The lowest BCUT2D eigenvalue weighted by molar-refractivity contribution is -0.274. The normalized spacial score (nSPS) is 22.0. The number of benzene rings is 1. The number of hydrogen-bond acceptors (Lipinski definition) is 4. The number of halogens is 3. The van der Waals surface area contributed by atoms with Crippen LogP contribution in [-0.2, 0) is 19.9 Å². The smallest absolute Gasteiger partial charge is 0.464 e. The lowest BCUT2D eigenvalue weighted by Gasteiger charge is -2.39. The summed E-state index contributed by atoms with van der Waals surface area (Å²) < 4.78 is 50.2. The maximum atomic E-state index is 12.1. The quantitative estimate of drug-likeness (QED) is 0.800. The molecule has 0 N–H and O–H groups in total. The van der Waals surface area contributed by atoms with Crippen LogP contribution in [0.3, 0.4) is 0 Å². The first-order chi connectivity index (χ1) is 9.37. The van der Waals surface area contributed by atoms with Gasteiger partial charge in [0, 0.05) is 6.42 Å². The molecular weight excluding hydrogens is 277 g/mol. The number of rotatable bonds is 4. The summed E-state index contributed by atoms with van der Waals surface area (Å²) in [7, 11) is 0. The van der Waals surface area contributed by atoms with Gasteiger partial charge in [-0.2, -0.15) is 0 Å². The zero-order chi connectivity index (χ0) is 14.8. The Morgan fingerprint density at radius 1 is 1.35 bits per heavy atom. The van der Waals surface area contributed by atoms with E-state index >= 15 is 0 Å². The van der Waals surface area contributed by atoms with Crippen LogP contribution in [0.25, 0.3) is 0 Å². The fourth-order valence-corrected chi connectivity index (χ4v) is 1.99. The fourth-order valence-electron chi connectivity index (χ4n) is 1.99. The van der Waals surface area contributed by atoms with Crippen molar-refractivity contribution in [1.29, 1.82) is 0 Å². The van der Waals surface area contributed by atoms with Crippen molar-refractivity contribution in [2.75, 3.05) is 13.2 Å². The predicted octanol–water partition coefficient (Wildman–Crippen LogP) is 2.76. The third-order valence-electron chi connectivity index (χ3n) is 2.96. The van der Waals surface area contributed by atoms with Crippen LogP contribution >= 0.6 is 0 Å². The summed E-state index contributed by atoms with van der Waals surface area (Å²) >= 11 is 0. The molecule has 0 aromatic heterocycles. The molecule has 0 spiro atoms. The van der Waals surface area contributed by atoms with E-state index in [0.29, 0.717) is 18.6 Å². The molecule has 1 aliphatic heterocycles. The van der Waals surface area contributed by atoms with E-state index in [1.54, 1.807) is 6.92 Å². The van der Waals surface area contributed by atoms with Crippen LogP contribution in [0.4, 0.5) is 13.2 Å². The highest BCUT2D eigenvalue weighted by molar-refractivity contribution is 5.82. The first-order valence-electron chi connectivity index (χ1n) is 6.05. The molecular formula is C13H13F3O4. The molecule has 1 atom stereocenters. The molecule has 1 unspecified atom stereocenters. The molecule has 7 heteroatoms. The molecule has 0 saturated carbocycles. The number of alkyl halides is 3. The van der Waals surface area contributed by atoms with Crippen molar-refractivity contribution in [3.8, 4) is 5.75 Å². The van der Waals surface area contributed by atoms with Gasteiger partial charge >= 0.3 is 12.3 Å². The lowest BCUT2D eigenvalue weighted by atomic mass is 9.86. The van der Waals surface area contributed by atoms with E-state index in [4.69, 9.17) is 9.47 Å². The van der Waals surface area contributed by atoms with E-state index in [9.17, 15) is 18.0 Å². The lowest BCUT2D eigenvalue weighted by Crippen LogP contribution is -2.48. The Morgan fingerprint density at radius 2 is 1.95 bits per heavy atom. The number of ether oxygens (including phenoxy) is 3. The van der Waals surface area contributed by atoms with Crippen molar-refractivity contribution < 1.29 is 32.2 Å². The minimum Gasteiger partial charge on any atom is -0.464 e. The molecule has 0 radical (unpaired) electrons. The van der Waals surface area contributed by atoms with E-state index in [0.717, 1.165) is 12.1 Å². The second kappa shape index (κ2) is 5.32. The van der Waals surface area contributed by atoms with Gasteiger partial charge in [0.25, 0.3) is 0 Å². The van der Waals surface area contributed by atoms with Gasteiger partial charge in [-0.1, -0.05) is 12.1 Å². The van der Waals surface area contributed by atoms with Crippen LogP contribution in [0.5, 0.6) is 5.75 Å². The number of esters is 1. The molecule has 2 rings (SSSR count). The first kappa shape index (κ1) is 14.6. The van der Waals surface area contributed by atoms with Gasteiger partial charge in [0.05, 0.1) is 13.2 Å². The van der Waals surface area contributed by atoms with Gasteiger partial charge < -0.3 is 14.2 Å². The van der Waals surface area contributed by atoms with Crippen molar-refractivity contribution in [3.05, 3.63) is 29.8 Å². The van der Waals surface area contributed by atoms with Gasteiger partial charge in [0.15, 0.2) is 5.60 Å². The Kier molecular flexibility index (Phi) is 3.89. The summed E-state index contributed by atoms with van der Waals surface area (Å²) in [5.41, 5.74) is -0.746. The zero-order valence-corrected chi connectivity index (χ0v) is 10.7. The van der Waals surface area contributed by atoms with Crippen molar-refractivity contribution >= 4 is 5.97 Å². The van der Waals surface area contributed by atoms with E-state index in [2.05, 4.69) is 4.74 Å². The Hall–Kier alpha value is -1.76. The van der Waals surface area contributed by atoms with E-state index < -0.39 is 17.9 Å². The van der Waals surface area contributed by atoms with Crippen LogP contribution in [0, 0.1) is 0 Å². The highest BCUT2D eigenvalue weighted by atomic mass is 19.4. The topological polar surface area (TPSA) is 44.8 Å². The zero-order valence-electron chi connectivity index (χ0n) is 10.7. The molecule has 1 fully saturated rings. The molecule has 1 aromatic carbocycles. The Bertz CT molecular complexity index is 477. The van der Waals surface area contributed by atoms with Gasteiger partial charge in [0.1, 0.15) is 5.75 Å². The van der Waals surface area contributed by atoms with Gasteiger partial charge in [-0.15, -0.1) is 13.2 Å². The second-order valence-corrected chi connectivity index (χ2v) is 4.22. The van der Waals surface area contributed by atoms with Crippen LogP contribution in [-0.4, -0.2) is 25.5 Å². The highest BCUT2D eigenvalue weighted by Crippen LogP contribution is 2.39. The first-order valence-corrected chi connectivity index (χ1v) is 6.05. The molecule has 0 aliphatic carbocycles. The molecule has 0 amide bonds. The van der Waals surface area contributed by atoms with E-state index in [-0.39, 0.29) is 12.4 Å². The fraction of sp³-hybridized carbons (Fsp3) is 0.462. The Morgan fingerprint density at radius 3 is 2.35 bits per heavy atom. The van der Waals surface area contributed by atoms with E-state index in [1.807, 2.05) is 0 Å². The molecule has 1 heterocycles. The van der Waals surface area contributed by atoms with E-state index in [1.165, 1.54) is 12.1 Å². The van der Waals surface area contributed by atoms with Crippen molar-refractivity contribution in [2.45, 2.75) is 25.3 Å². The molecule has 20 heavy (non-hydrogen) atoms. The molecule has 4 nitrogen and oxygen atoms in total. The number of hydrogen-bond donors (Lipinski definition) is 0. The Balaban J connectivity index is 2.18.